The van der Waals surface area contributed by atoms with Crippen molar-refractivity contribution in [2.75, 3.05) is 0 Å². The van der Waals surface area contributed by atoms with Crippen LogP contribution in [-0.4, -0.2) is 0 Å². The SMILES string of the molecule is C=CC(N)c1c(F)ccc2c1CCC2. The Hall–Kier alpha value is -1.15. The summed E-state index contributed by atoms with van der Waals surface area (Å²) < 4.78 is 13.6. The average molecular weight is 191 g/mol. The van der Waals surface area contributed by atoms with E-state index >= 15 is 0 Å². The van der Waals surface area contributed by atoms with Crippen LogP contribution in [-0.2, 0) is 12.8 Å². The molecule has 0 saturated carbocycles. The molecule has 0 fully saturated rings. The molecule has 1 nitrogen and oxygen atoms in total. The number of fused-ring (bicyclic) bond motifs is 1. The van der Waals surface area contributed by atoms with Gasteiger partial charge in [0.15, 0.2) is 0 Å². The molecule has 0 saturated heterocycles. The maximum Gasteiger partial charge on any atom is 0.128 e. The number of benzene rings is 1. The first-order valence-corrected chi connectivity index (χ1v) is 4.92. The van der Waals surface area contributed by atoms with E-state index in [1.807, 2.05) is 6.07 Å². The molecule has 0 heterocycles. The number of aryl methyl sites for hydroxylation is 1. The Morgan fingerprint density at radius 3 is 2.93 bits per heavy atom. The van der Waals surface area contributed by atoms with E-state index < -0.39 is 0 Å². The van der Waals surface area contributed by atoms with Gasteiger partial charge in [0.25, 0.3) is 0 Å². The zero-order valence-corrected chi connectivity index (χ0v) is 8.09. The fourth-order valence-corrected chi connectivity index (χ4v) is 2.14. The lowest BCUT2D eigenvalue weighted by Crippen LogP contribution is -2.12. The van der Waals surface area contributed by atoms with Gasteiger partial charge in [-0.2, -0.15) is 0 Å². The van der Waals surface area contributed by atoms with Crippen LogP contribution < -0.4 is 5.73 Å². The summed E-state index contributed by atoms with van der Waals surface area (Å²) in [5.41, 5.74) is 8.82. The molecule has 1 atom stereocenters. The standard InChI is InChI=1S/C12H14FN/c1-2-11(14)12-9-5-3-4-8(9)6-7-10(12)13/h2,6-7,11H,1,3-5,14H2. The van der Waals surface area contributed by atoms with Crippen molar-refractivity contribution in [3.05, 3.63) is 47.3 Å². The lowest BCUT2D eigenvalue weighted by Gasteiger charge is -2.13. The topological polar surface area (TPSA) is 26.0 Å². The summed E-state index contributed by atoms with van der Waals surface area (Å²) in [4.78, 5) is 0. The van der Waals surface area contributed by atoms with Crippen LogP contribution in [0.25, 0.3) is 0 Å². The molecule has 0 bridgehead atoms. The highest BCUT2D eigenvalue weighted by Gasteiger charge is 2.20. The van der Waals surface area contributed by atoms with Gasteiger partial charge in [0, 0.05) is 5.56 Å². The minimum absolute atomic E-state index is 0.196. The molecule has 74 valence electrons. The van der Waals surface area contributed by atoms with Gasteiger partial charge in [-0.3, -0.25) is 0 Å². The third kappa shape index (κ3) is 1.36. The molecule has 2 heteroatoms. The monoisotopic (exact) mass is 191 g/mol. The molecule has 2 N–H and O–H groups in total. The van der Waals surface area contributed by atoms with E-state index in [1.165, 1.54) is 11.6 Å². The fraction of sp³-hybridized carbons (Fsp3) is 0.333. The van der Waals surface area contributed by atoms with E-state index in [-0.39, 0.29) is 11.9 Å². The number of rotatable bonds is 2. The summed E-state index contributed by atoms with van der Waals surface area (Å²) in [5, 5.41) is 0. The first-order valence-electron chi connectivity index (χ1n) is 4.92. The van der Waals surface area contributed by atoms with Crippen molar-refractivity contribution in [3.8, 4) is 0 Å². The highest BCUT2D eigenvalue weighted by Crippen LogP contribution is 2.30. The average Bonchev–Trinajstić information content (AvgIpc) is 2.64. The minimum Gasteiger partial charge on any atom is -0.321 e. The zero-order chi connectivity index (χ0) is 10.1. The van der Waals surface area contributed by atoms with Crippen LogP contribution in [0.1, 0.15) is 29.2 Å². The first kappa shape index (κ1) is 9.41. The highest BCUT2D eigenvalue weighted by atomic mass is 19.1. The Balaban J connectivity index is 2.56. The third-order valence-corrected chi connectivity index (χ3v) is 2.86. The van der Waals surface area contributed by atoms with E-state index in [2.05, 4.69) is 6.58 Å². The molecule has 1 aromatic carbocycles. The molecule has 0 spiro atoms. The normalized spacial score (nSPS) is 16.4. The Labute approximate surface area is 83.4 Å². The maximum atomic E-state index is 13.6. The quantitative estimate of drug-likeness (QED) is 0.714. The van der Waals surface area contributed by atoms with Crippen molar-refractivity contribution in [1.29, 1.82) is 0 Å². The summed E-state index contributed by atoms with van der Waals surface area (Å²) >= 11 is 0. The molecular formula is C12H14FN. The highest BCUT2D eigenvalue weighted by molar-refractivity contribution is 5.42. The Morgan fingerprint density at radius 1 is 1.43 bits per heavy atom. The van der Waals surface area contributed by atoms with E-state index in [9.17, 15) is 4.39 Å². The van der Waals surface area contributed by atoms with E-state index in [0.29, 0.717) is 5.56 Å². The Morgan fingerprint density at radius 2 is 2.21 bits per heavy atom. The van der Waals surface area contributed by atoms with Crippen LogP contribution in [0.15, 0.2) is 24.8 Å². The van der Waals surface area contributed by atoms with E-state index in [4.69, 9.17) is 5.73 Å². The van der Waals surface area contributed by atoms with Gasteiger partial charge in [0.2, 0.25) is 0 Å². The Bertz CT molecular complexity index is 371. The second-order valence-corrected chi connectivity index (χ2v) is 3.71. The van der Waals surface area contributed by atoms with Crippen LogP contribution in [0, 0.1) is 5.82 Å². The van der Waals surface area contributed by atoms with E-state index in [1.54, 1.807) is 6.08 Å². The van der Waals surface area contributed by atoms with Crippen molar-refractivity contribution in [2.45, 2.75) is 25.3 Å². The molecule has 0 aromatic heterocycles. The summed E-state index contributed by atoms with van der Waals surface area (Å²) in [6, 6.07) is 3.02. The second-order valence-electron chi connectivity index (χ2n) is 3.71. The van der Waals surface area contributed by atoms with Gasteiger partial charge < -0.3 is 5.73 Å². The van der Waals surface area contributed by atoms with E-state index in [0.717, 1.165) is 24.8 Å². The van der Waals surface area contributed by atoms with Gasteiger partial charge in [-0.25, -0.2) is 4.39 Å². The largest absolute Gasteiger partial charge is 0.321 e. The van der Waals surface area contributed by atoms with Crippen molar-refractivity contribution in [2.24, 2.45) is 5.73 Å². The summed E-state index contributed by atoms with van der Waals surface area (Å²) in [5.74, 6) is -0.196. The van der Waals surface area contributed by atoms with Gasteiger partial charge in [-0.05, 0) is 36.5 Å². The predicted octanol–water partition coefficient (Wildman–Crippen LogP) is 2.50. The van der Waals surface area contributed by atoms with Crippen molar-refractivity contribution < 1.29 is 4.39 Å². The molecule has 1 aromatic rings. The van der Waals surface area contributed by atoms with Crippen molar-refractivity contribution >= 4 is 0 Å². The van der Waals surface area contributed by atoms with Gasteiger partial charge in [-0.1, -0.05) is 12.1 Å². The van der Waals surface area contributed by atoms with Gasteiger partial charge in [-0.15, -0.1) is 6.58 Å². The lowest BCUT2D eigenvalue weighted by molar-refractivity contribution is 0.598. The predicted molar refractivity (Wildman–Crippen MR) is 55.6 cm³/mol. The fourth-order valence-electron chi connectivity index (χ4n) is 2.14. The van der Waals surface area contributed by atoms with Crippen LogP contribution >= 0.6 is 0 Å². The van der Waals surface area contributed by atoms with Crippen molar-refractivity contribution in [1.82, 2.24) is 0 Å². The molecule has 1 unspecified atom stereocenters. The summed E-state index contributed by atoms with van der Waals surface area (Å²) in [6.45, 7) is 3.61. The molecule has 0 amide bonds. The van der Waals surface area contributed by atoms with Gasteiger partial charge in [0.1, 0.15) is 5.82 Å². The number of hydrogen-bond acceptors (Lipinski definition) is 1. The second kappa shape index (κ2) is 3.54. The number of hydrogen-bond donors (Lipinski definition) is 1. The first-order chi connectivity index (χ1) is 6.74. The van der Waals surface area contributed by atoms with Gasteiger partial charge >= 0.3 is 0 Å². The molecule has 0 radical (unpaired) electrons. The van der Waals surface area contributed by atoms with Crippen LogP contribution in [0.5, 0.6) is 0 Å². The van der Waals surface area contributed by atoms with Gasteiger partial charge in [0.05, 0.1) is 6.04 Å². The zero-order valence-electron chi connectivity index (χ0n) is 8.09. The molecule has 1 aliphatic rings. The maximum absolute atomic E-state index is 13.6. The molecular weight excluding hydrogens is 177 g/mol. The lowest BCUT2D eigenvalue weighted by atomic mass is 9.97. The number of halogens is 1. The third-order valence-electron chi connectivity index (χ3n) is 2.86. The van der Waals surface area contributed by atoms with Crippen LogP contribution in [0.3, 0.4) is 0 Å². The summed E-state index contributed by atoms with van der Waals surface area (Å²) in [6.07, 6.45) is 4.70. The van der Waals surface area contributed by atoms with Crippen molar-refractivity contribution in [3.63, 3.8) is 0 Å². The van der Waals surface area contributed by atoms with Crippen LogP contribution in [0.4, 0.5) is 4.39 Å². The number of nitrogens with two attached hydrogens (primary N) is 1. The molecule has 2 rings (SSSR count). The smallest absolute Gasteiger partial charge is 0.128 e. The summed E-state index contributed by atoms with van der Waals surface area (Å²) in [7, 11) is 0. The molecule has 14 heavy (non-hydrogen) atoms. The minimum atomic E-state index is -0.372. The molecule has 0 aliphatic heterocycles. The molecule has 1 aliphatic carbocycles. The Kier molecular flexibility index (Phi) is 2.38. The van der Waals surface area contributed by atoms with Crippen LogP contribution in [0.2, 0.25) is 0 Å².